The molecule has 133 heavy (non-hydrogen) atoms. The number of rotatable bonds is 71. The topological polar surface area (TPSA) is 521 Å². The largest absolute Gasteiger partial charge is 0.479 e. The maximum Gasteiger partial charge on any atom is 0.411 e. The number of carbonyl (C=O) groups excluding carboxylic acids is 11. The molecule has 43 nitrogen and oxygen atoms in total. The van der Waals surface area contributed by atoms with Crippen LogP contribution in [0.2, 0.25) is 0 Å². The average molecular weight is 1880 g/mol. The van der Waals surface area contributed by atoms with E-state index in [1.54, 1.807) is 71.6 Å². The number of likely N-dealkylation sites (N-methyl/N-ethyl adjacent to an activating group) is 1. The van der Waals surface area contributed by atoms with E-state index in [9.17, 15) is 67.7 Å². The van der Waals surface area contributed by atoms with E-state index in [1.165, 1.54) is 40.3 Å². The summed E-state index contributed by atoms with van der Waals surface area (Å²) in [5, 5.41) is 43.1. The predicted molar refractivity (Wildman–Crippen MR) is 479 cm³/mol. The molecule has 43 heteroatoms. The van der Waals surface area contributed by atoms with Gasteiger partial charge < -0.3 is 128 Å². The van der Waals surface area contributed by atoms with Gasteiger partial charge in [0, 0.05) is 126 Å². The summed E-state index contributed by atoms with van der Waals surface area (Å²) in [6, 6.07) is 10.2. The van der Waals surface area contributed by atoms with Gasteiger partial charge >= 0.3 is 24.2 Å². The number of nitrogens with zero attached hydrogens (tertiary/aromatic N) is 4. The van der Waals surface area contributed by atoms with Gasteiger partial charge in [-0.25, -0.2) is 24.2 Å². The number of alkyl carbamates (subject to hydrolysis) is 1. The Balaban J connectivity index is 0.918. The third-order valence-electron chi connectivity index (χ3n) is 20.0. The Morgan fingerprint density at radius 2 is 1.12 bits per heavy atom. The van der Waals surface area contributed by atoms with Gasteiger partial charge in [0.25, 0.3) is 17.7 Å². The van der Waals surface area contributed by atoms with Gasteiger partial charge in [0.15, 0.2) is 6.10 Å². The van der Waals surface area contributed by atoms with Gasteiger partial charge in [0.05, 0.1) is 183 Å². The van der Waals surface area contributed by atoms with Crippen molar-refractivity contribution < 1.29 is 148 Å². The van der Waals surface area contributed by atoms with Gasteiger partial charge in [-0.05, 0) is 108 Å². The highest BCUT2D eigenvalue weighted by atomic mass is 16.7. The lowest BCUT2D eigenvalue weighted by Gasteiger charge is -2.33. The van der Waals surface area contributed by atoms with Crippen LogP contribution in [-0.4, -0.2) is 349 Å². The normalized spacial score (nSPS) is 15.4. The number of nitrogens with one attached hydrogen (secondary N) is 8. The predicted octanol–water partition coefficient (Wildman–Crippen LogP) is 5.35. The number of unbranched alkanes of at least 4 members (excludes halogenated alkanes) is 4. The molecule has 3 heterocycles. The van der Waals surface area contributed by atoms with Crippen molar-refractivity contribution >= 4 is 88.5 Å². The molecule has 3 aromatic rings. The Morgan fingerprint density at radius 3 is 1.70 bits per heavy atom. The fourth-order valence-electron chi connectivity index (χ4n) is 13.2. The second-order valence-electron chi connectivity index (χ2n) is 31.8. The summed E-state index contributed by atoms with van der Waals surface area (Å²) in [7, 11) is 3.21. The molecule has 0 bridgehead atoms. The number of hydrogen-bond donors (Lipinski definition) is 10. The van der Waals surface area contributed by atoms with E-state index >= 15 is 0 Å². The van der Waals surface area contributed by atoms with Gasteiger partial charge in [-0.1, -0.05) is 38.2 Å². The molecule has 0 radical (unpaired) electrons. The number of carboxylic acid groups (broad SMARTS) is 1. The van der Waals surface area contributed by atoms with Crippen LogP contribution in [0.25, 0.3) is 0 Å². The Hall–Kier alpha value is -10.2. The lowest BCUT2D eigenvalue weighted by atomic mass is 9.95. The number of pyridine rings is 1. The highest BCUT2D eigenvalue weighted by molar-refractivity contribution is 6.15. The lowest BCUT2D eigenvalue weighted by Crippen LogP contribution is -2.58. The van der Waals surface area contributed by atoms with Crippen molar-refractivity contribution in [1.29, 1.82) is 0 Å². The summed E-state index contributed by atoms with van der Waals surface area (Å²) in [6.07, 6.45) is 6.85. The minimum Gasteiger partial charge on any atom is -0.479 e. The molecule has 3 aliphatic rings. The molecule has 1 aliphatic carbocycles. The van der Waals surface area contributed by atoms with E-state index in [0.717, 1.165) is 63.5 Å². The number of anilines is 3. The third kappa shape index (κ3) is 49.5. The zero-order chi connectivity index (χ0) is 95.9. The molecule has 2 aliphatic heterocycles. The Labute approximate surface area is 776 Å². The quantitative estimate of drug-likeness (QED) is 0.0193. The zero-order valence-corrected chi connectivity index (χ0v) is 77.2. The first-order valence-electron chi connectivity index (χ1n) is 45.4. The molecule has 1 saturated heterocycles. The van der Waals surface area contributed by atoms with Crippen molar-refractivity contribution in [3.8, 4) is 5.75 Å². The van der Waals surface area contributed by atoms with Crippen LogP contribution < -0.4 is 47.3 Å². The monoisotopic (exact) mass is 1880 g/mol. The van der Waals surface area contributed by atoms with E-state index in [4.69, 9.17) is 80.6 Å². The minimum absolute atomic E-state index is 0.0181. The summed E-state index contributed by atoms with van der Waals surface area (Å²) in [4.78, 5) is 172. The molecule has 6 rings (SSSR count). The molecule has 744 valence electrons. The number of aliphatic hydroxyl groups excluding tert-OH is 1. The Morgan fingerprint density at radius 1 is 0.556 bits per heavy atom. The summed E-state index contributed by atoms with van der Waals surface area (Å²) < 4.78 is 88.0. The number of amides is 12. The van der Waals surface area contributed by atoms with Crippen molar-refractivity contribution in [2.24, 2.45) is 0 Å². The van der Waals surface area contributed by atoms with Gasteiger partial charge in [-0.2, -0.15) is 0 Å². The van der Waals surface area contributed by atoms with E-state index < -0.39 is 109 Å². The maximum absolute atomic E-state index is 14.3. The average Bonchev–Trinajstić information content (AvgIpc) is 1.74. The first-order valence-corrected chi connectivity index (χ1v) is 45.4. The van der Waals surface area contributed by atoms with E-state index in [1.807, 2.05) is 0 Å². The first-order chi connectivity index (χ1) is 64.4. The number of aromatic nitrogens is 1. The SMILES string of the molecule is COCCOCCOCCOCCOCCOCCOCCOCCOCCOCCOCCOCCC(=O)NCCCC[C@H](NC(=O)[C@H](CNC(=O)OC(C)(C)C)N1C(=O)C=CC1=O)C(=O)NCCC(=O)Nc1cc(O[C@H]2C[C@@H](O)C[C@@H](C(=O)O)O2)ccc1COC(=O)Nc1cccc(C(=O)N(C)CCON(C(=O)CCCCCCNC(=O)Nc2ccncc2)C2CCCCC2)c1. The van der Waals surface area contributed by atoms with Crippen LogP contribution in [0.1, 0.15) is 146 Å². The number of urea groups is 1. The third-order valence-corrected chi connectivity index (χ3v) is 20.0. The smallest absolute Gasteiger partial charge is 0.411 e. The van der Waals surface area contributed by atoms with Crippen LogP contribution in [0.5, 0.6) is 5.75 Å². The molecule has 0 spiro atoms. The molecular weight excluding hydrogens is 1750 g/mol. The summed E-state index contributed by atoms with van der Waals surface area (Å²) in [6.45, 7) is 13.5. The number of benzene rings is 2. The molecule has 0 unspecified atom stereocenters. The van der Waals surface area contributed by atoms with Gasteiger partial charge in [-0.15, -0.1) is 0 Å². The number of carbonyl (C=O) groups is 12. The van der Waals surface area contributed by atoms with Gasteiger partial charge in [0.1, 0.15) is 30.0 Å². The highest BCUT2D eigenvalue weighted by Crippen LogP contribution is 2.30. The summed E-state index contributed by atoms with van der Waals surface area (Å²) >= 11 is 0. The van der Waals surface area contributed by atoms with Gasteiger partial charge in [-0.3, -0.25) is 58.4 Å². The van der Waals surface area contributed by atoms with Gasteiger partial charge in [0.2, 0.25) is 35.8 Å². The molecule has 12 amide bonds. The highest BCUT2D eigenvalue weighted by Gasteiger charge is 2.39. The zero-order valence-electron chi connectivity index (χ0n) is 77.2. The van der Waals surface area contributed by atoms with Crippen molar-refractivity contribution in [2.45, 2.75) is 179 Å². The van der Waals surface area contributed by atoms with Crippen LogP contribution in [-0.2, 0) is 121 Å². The van der Waals surface area contributed by atoms with Crippen molar-refractivity contribution in [2.75, 3.05) is 221 Å². The molecule has 2 aromatic carbocycles. The van der Waals surface area contributed by atoms with Crippen molar-refractivity contribution in [1.82, 2.24) is 46.4 Å². The Kier molecular flexibility index (Phi) is 56.2. The van der Waals surface area contributed by atoms with E-state index in [2.05, 4.69) is 47.5 Å². The van der Waals surface area contributed by atoms with Crippen LogP contribution in [0.3, 0.4) is 0 Å². The standard InChI is InChI=1S/C90H138N12O31/c1-90(2,3)133-88(115)95-64-75(101-79(106)24-25-80(101)107)84(110)99-73(20-12-14-30-92-77(104)29-36-118-40-41-120-44-45-122-48-49-124-52-53-126-56-57-128-59-58-127-55-54-125-51-50-123-47-46-121-43-42-119-39-38-117-5)83(109)93-34-28-78(105)98-74-63-72(131-82-62-71(103)61-76(132-82)86(112)113)23-22-67(74)65-129-89(116)97-69-17-15-16-66(60-69)85(111)100(4)35-37-130-102(70-18-9-8-10-19-70)81(108)21-11-6-7-13-31-94-87(114)96-68-26-32-91-33-27-68/h15-17,22-27,32-33,60,63,70-71,73,75-76,82,103H,6-14,18-21,28-31,34-59,61-62,64-65H2,1-5H3,(H,92,104)(H,93,109)(H,95,115)(H,97,116)(H,98,105)(H,99,110)(H,112,113)(H2,91,94,96,114)/t71-,73-,75-,76-,82+/m0/s1. The number of hydroxylamine groups is 2. The molecule has 5 atom stereocenters. The fraction of sp³-hybridized carbons (Fsp3) is 0.656. The van der Waals surface area contributed by atoms with E-state index in [0.29, 0.717) is 162 Å². The molecular formula is C90H138N12O31. The second-order valence-corrected chi connectivity index (χ2v) is 31.8. The molecule has 1 aromatic heterocycles. The van der Waals surface area contributed by atoms with Crippen LogP contribution in [0, 0.1) is 0 Å². The maximum atomic E-state index is 14.3. The number of ether oxygens (including phenoxy) is 16. The van der Waals surface area contributed by atoms with Crippen LogP contribution in [0.4, 0.5) is 31.4 Å². The number of carboxylic acids is 1. The molecule has 2 fully saturated rings. The number of hydrogen-bond acceptors (Lipinski definition) is 31. The molecule has 1 saturated carbocycles. The summed E-state index contributed by atoms with van der Waals surface area (Å²) in [5.74, 6) is -6.45. The first kappa shape index (κ1) is 112. The number of aliphatic hydroxyl groups is 1. The van der Waals surface area contributed by atoms with Crippen LogP contribution >= 0.6 is 0 Å². The molecule has 10 N–H and O–H groups in total. The number of methoxy groups -OCH3 is 1. The number of aliphatic carboxylic acids is 1. The lowest BCUT2D eigenvalue weighted by molar-refractivity contribution is -0.204. The minimum atomic E-state index is -1.68. The number of imide groups is 1. The fourth-order valence-corrected chi connectivity index (χ4v) is 13.2. The van der Waals surface area contributed by atoms with E-state index in [-0.39, 0.29) is 137 Å². The second kappa shape index (κ2) is 67.0. The summed E-state index contributed by atoms with van der Waals surface area (Å²) in [5.41, 5.74) is 0.270. The van der Waals surface area contributed by atoms with Crippen molar-refractivity contribution in [3.63, 3.8) is 0 Å². The van der Waals surface area contributed by atoms with Crippen LogP contribution in [0.15, 0.2) is 79.1 Å². The van der Waals surface area contributed by atoms with Crippen molar-refractivity contribution in [3.05, 3.63) is 90.3 Å². The Bertz CT molecular complexity index is 3940.